The minimum Gasteiger partial charge on any atom is -0.467 e. The first-order valence-corrected chi connectivity index (χ1v) is 6.88. The van der Waals surface area contributed by atoms with Crippen LogP contribution in [0.3, 0.4) is 0 Å². The van der Waals surface area contributed by atoms with Crippen LogP contribution in [-0.4, -0.2) is 44.5 Å². The van der Waals surface area contributed by atoms with Crippen LogP contribution in [0.15, 0.2) is 30.3 Å². The Hall–Kier alpha value is -2.24. The number of ether oxygens (including phenoxy) is 3. The summed E-state index contributed by atoms with van der Waals surface area (Å²) < 4.78 is 14.8. The zero-order chi connectivity index (χ0) is 15.2. The standard InChI is InChI=1S/C15H19NO5/c1-3-20-15(18)21-12-9-13(14(17)19-2)16(10-12)11-7-5-4-6-8-11/h4-8,12-13H,3,9-10H2,1-2H3/t12?,13-/m1/s1. The zero-order valence-corrected chi connectivity index (χ0v) is 12.2. The maximum atomic E-state index is 11.9. The van der Waals surface area contributed by atoms with Crippen molar-refractivity contribution >= 4 is 17.8 Å². The lowest BCUT2D eigenvalue weighted by molar-refractivity contribution is -0.142. The summed E-state index contributed by atoms with van der Waals surface area (Å²) in [5, 5.41) is 0. The Morgan fingerprint density at radius 2 is 2.00 bits per heavy atom. The Labute approximate surface area is 123 Å². The quantitative estimate of drug-likeness (QED) is 0.791. The van der Waals surface area contributed by atoms with E-state index >= 15 is 0 Å². The number of methoxy groups -OCH3 is 1. The monoisotopic (exact) mass is 293 g/mol. The molecule has 1 aliphatic heterocycles. The van der Waals surface area contributed by atoms with Gasteiger partial charge in [-0.25, -0.2) is 9.59 Å². The van der Waals surface area contributed by atoms with E-state index < -0.39 is 18.3 Å². The Morgan fingerprint density at radius 3 is 2.62 bits per heavy atom. The number of carbonyl (C=O) groups is 2. The lowest BCUT2D eigenvalue weighted by Crippen LogP contribution is -2.36. The van der Waals surface area contributed by atoms with Gasteiger partial charge in [-0.05, 0) is 19.1 Å². The number of carbonyl (C=O) groups excluding carboxylic acids is 2. The van der Waals surface area contributed by atoms with Crippen LogP contribution in [0.25, 0.3) is 0 Å². The highest BCUT2D eigenvalue weighted by atomic mass is 16.7. The fourth-order valence-electron chi connectivity index (χ4n) is 2.44. The van der Waals surface area contributed by atoms with Crippen molar-refractivity contribution in [1.29, 1.82) is 0 Å². The number of esters is 1. The Balaban J connectivity index is 2.10. The topological polar surface area (TPSA) is 65.1 Å². The average molecular weight is 293 g/mol. The van der Waals surface area contributed by atoms with E-state index in [-0.39, 0.29) is 12.6 Å². The maximum absolute atomic E-state index is 11.9. The van der Waals surface area contributed by atoms with Crippen LogP contribution in [0.2, 0.25) is 0 Å². The predicted molar refractivity (Wildman–Crippen MR) is 76.1 cm³/mol. The van der Waals surface area contributed by atoms with Gasteiger partial charge in [0.2, 0.25) is 0 Å². The van der Waals surface area contributed by atoms with Crippen molar-refractivity contribution in [2.75, 3.05) is 25.2 Å². The summed E-state index contributed by atoms with van der Waals surface area (Å²) in [6, 6.07) is 9.04. The van der Waals surface area contributed by atoms with Crippen LogP contribution < -0.4 is 4.90 Å². The van der Waals surface area contributed by atoms with Gasteiger partial charge in [0, 0.05) is 12.1 Å². The molecule has 0 spiro atoms. The summed E-state index contributed by atoms with van der Waals surface area (Å²) in [5.74, 6) is -0.339. The molecule has 0 amide bonds. The number of para-hydroxylation sites is 1. The summed E-state index contributed by atoms with van der Waals surface area (Å²) in [6.45, 7) is 2.40. The fraction of sp³-hybridized carbons (Fsp3) is 0.467. The van der Waals surface area contributed by atoms with Gasteiger partial charge in [-0.15, -0.1) is 0 Å². The Bertz CT molecular complexity index is 490. The summed E-state index contributed by atoms with van der Waals surface area (Å²) in [4.78, 5) is 25.2. The smallest absolute Gasteiger partial charge is 0.467 e. The van der Waals surface area contributed by atoms with Gasteiger partial charge in [-0.2, -0.15) is 0 Å². The molecular formula is C15H19NO5. The molecule has 0 saturated carbocycles. The Kier molecular flexibility index (Phi) is 5.03. The minimum atomic E-state index is -0.707. The summed E-state index contributed by atoms with van der Waals surface area (Å²) in [6.07, 6.45) is -0.713. The maximum Gasteiger partial charge on any atom is 0.508 e. The van der Waals surface area contributed by atoms with Gasteiger partial charge in [0.05, 0.1) is 20.3 Å². The van der Waals surface area contributed by atoms with Crippen molar-refractivity contribution in [1.82, 2.24) is 0 Å². The normalized spacial score (nSPS) is 21.0. The first-order chi connectivity index (χ1) is 10.2. The van der Waals surface area contributed by atoms with Gasteiger partial charge in [0.25, 0.3) is 0 Å². The van der Waals surface area contributed by atoms with Crippen LogP contribution >= 0.6 is 0 Å². The number of anilines is 1. The SMILES string of the molecule is CCOC(=O)OC1C[C@H](C(=O)OC)N(c2ccccc2)C1. The molecule has 0 aliphatic carbocycles. The number of hydrogen-bond donors (Lipinski definition) is 0. The largest absolute Gasteiger partial charge is 0.508 e. The van der Waals surface area contributed by atoms with Crippen LogP contribution in [0, 0.1) is 0 Å². The van der Waals surface area contributed by atoms with Crippen LogP contribution in [0.4, 0.5) is 10.5 Å². The molecule has 1 fully saturated rings. The summed E-state index contributed by atoms with van der Waals surface area (Å²) in [5.41, 5.74) is 0.892. The van der Waals surface area contributed by atoms with Crippen molar-refractivity contribution in [3.63, 3.8) is 0 Å². The first kappa shape index (κ1) is 15.2. The number of hydrogen-bond acceptors (Lipinski definition) is 6. The number of benzene rings is 1. The van der Waals surface area contributed by atoms with Gasteiger partial charge in [-0.1, -0.05) is 18.2 Å². The molecule has 114 valence electrons. The van der Waals surface area contributed by atoms with E-state index in [4.69, 9.17) is 14.2 Å². The van der Waals surface area contributed by atoms with E-state index in [1.54, 1.807) is 6.92 Å². The molecular weight excluding hydrogens is 274 g/mol. The van der Waals surface area contributed by atoms with Crippen LogP contribution in [0.5, 0.6) is 0 Å². The van der Waals surface area contributed by atoms with Gasteiger partial charge in [-0.3, -0.25) is 0 Å². The second-order valence-electron chi connectivity index (χ2n) is 4.69. The van der Waals surface area contributed by atoms with E-state index in [0.717, 1.165) is 5.69 Å². The molecule has 0 N–H and O–H groups in total. The lowest BCUT2D eigenvalue weighted by Gasteiger charge is -2.24. The summed E-state index contributed by atoms with van der Waals surface area (Å²) in [7, 11) is 1.35. The van der Waals surface area contributed by atoms with E-state index in [1.165, 1.54) is 7.11 Å². The number of rotatable bonds is 4. The molecule has 0 bridgehead atoms. The first-order valence-electron chi connectivity index (χ1n) is 6.88. The molecule has 1 saturated heterocycles. The van der Waals surface area contributed by atoms with Gasteiger partial charge < -0.3 is 19.1 Å². The molecule has 0 radical (unpaired) electrons. The van der Waals surface area contributed by atoms with Crippen LogP contribution in [-0.2, 0) is 19.0 Å². The lowest BCUT2D eigenvalue weighted by atomic mass is 10.2. The van der Waals surface area contributed by atoms with E-state index in [2.05, 4.69) is 0 Å². The predicted octanol–water partition coefficient (Wildman–Crippen LogP) is 1.98. The van der Waals surface area contributed by atoms with Crippen LogP contribution in [0.1, 0.15) is 13.3 Å². The molecule has 1 aromatic rings. The molecule has 0 aromatic heterocycles. The van der Waals surface area contributed by atoms with Gasteiger partial charge in [0.15, 0.2) is 0 Å². The summed E-state index contributed by atoms with van der Waals surface area (Å²) >= 11 is 0. The molecule has 21 heavy (non-hydrogen) atoms. The molecule has 1 unspecified atom stereocenters. The molecule has 6 nitrogen and oxygen atoms in total. The van der Waals surface area contributed by atoms with E-state index in [1.807, 2.05) is 35.2 Å². The molecule has 1 heterocycles. The second kappa shape index (κ2) is 6.97. The molecule has 6 heteroatoms. The highest BCUT2D eigenvalue weighted by Gasteiger charge is 2.39. The van der Waals surface area contributed by atoms with Crippen molar-refractivity contribution < 1.29 is 23.8 Å². The van der Waals surface area contributed by atoms with E-state index in [0.29, 0.717) is 13.0 Å². The second-order valence-corrected chi connectivity index (χ2v) is 4.69. The third-order valence-electron chi connectivity index (χ3n) is 3.35. The zero-order valence-electron chi connectivity index (χ0n) is 12.2. The molecule has 2 atom stereocenters. The molecule has 2 rings (SSSR count). The highest BCUT2D eigenvalue weighted by Crippen LogP contribution is 2.28. The average Bonchev–Trinajstić information content (AvgIpc) is 2.91. The van der Waals surface area contributed by atoms with Gasteiger partial charge >= 0.3 is 12.1 Å². The molecule has 1 aliphatic rings. The third-order valence-corrected chi connectivity index (χ3v) is 3.35. The van der Waals surface area contributed by atoms with Crippen molar-refractivity contribution in [2.45, 2.75) is 25.5 Å². The molecule has 1 aromatic carbocycles. The number of nitrogens with zero attached hydrogens (tertiary/aromatic N) is 1. The third kappa shape index (κ3) is 3.65. The van der Waals surface area contributed by atoms with Crippen molar-refractivity contribution in [2.24, 2.45) is 0 Å². The van der Waals surface area contributed by atoms with Gasteiger partial charge in [0.1, 0.15) is 12.1 Å². The minimum absolute atomic E-state index is 0.258. The van der Waals surface area contributed by atoms with Crippen molar-refractivity contribution in [3.8, 4) is 0 Å². The highest BCUT2D eigenvalue weighted by molar-refractivity contribution is 5.81. The van der Waals surface area contributed by atoms with Crippen molar-refractivity contribution in [3.05, 3.63) is 30.3 Å². The van der Waals surface area contributed by atoms with E-state index in [9.17, 15) is 9.59 Å². The Morgan fingerprint density at radius 1 is 1.29 bits per heavy atom. The fourth-order valence-corrected chi connectivity index (χ4v) is 2.44.